The molecule has 4 fully saturated rings. The Labute approximate surface area is 237 Å². The standard InChI is InChI=1S/C30H36FNO7S/c1-15-11-20-19-13-23-30(25(35)40-26(36)32(5)6,39-24(38-23)21-8-7-16(2)37-21)28(19,4)14-22(34)29(20,31)27(3)10-9-17(33)12-18(15)27/h7-10,12,15,19-20,22-24,34H,11,13-14H2,1-6H3/t15-,19?,20-,22-,23+,24?,27-,28-,29-,30-/m0/s1. The highest BCUT2D eigenvalue weighted by Gasteiger charge is 2.80. The number of ether oxygens (including phenoxy) is 2. The van der Waals surface area contributed by atoms with Crippen molar-refractivity contribution in [2.45, 2.75) is 76.7 Å². The zero-order chi connectivity index (χ0) is 29.0. The van der Waals surface area contributed by atoms with Crippen molar-refractivity contribution in [2.24, 2.45) is 28.6 Å². The second-order valence-electron chi connectivity index (χ2n) is 12.8. The van der Waals surface area contributed by atoms with E-state index >= 15 is 4.39 Å². The summed E-state index contributed by atoms with van der Waals surface area (Å²) in [4.78, 5) is 40.5. The van der Waals surface area contributed by atoms with Crippen LogP contribution in [0.1, 0.15) is 57.8 Å². The van der Waals surface area contributed by atoms with Crippen LogP contribution in [-0.2, 0) is 19.1 Å². The van der Waals surface area contributed by atoms with Crippen LogP contribution in [0.2, 0.25) is 0 Å². The first-order valence-corrected chi connectivity index (χ1v) is 14.7. The zero-order valence-corrected chi connectivity index (χ0v) is 24.4. The Hall–Kier alpha value is -2.27. The Morgan fingerprint density at radius 1 is 1.18 bits per heavy atom. The number of hydrogen-bond acceptors (Lipinski definition) is 8. The number of furan rings is 1. The average Bonchev–Trinajstić information content (AvgIpc) is 3.55. The van der Waals surface area contributed by atoms with Crippen molar-refractivity contribution in [3.8, 4) is 0 Å². The lowest BCUT2D eigenvalue weighted by atomic mass is 9.43. The molecule has 216 valence electrons. The first-order valence-electron chi connectivity index (χ1n) is 13.8. The highest BCUT2D eigenvalue weighted by atomic mass is 32.2. The molecule has 8 nitrogen and oxygen atoms in total. The second kappa shape index (κ2) is 8.86. The molecule has 0 bridgehead atoms. The summed E-state index contributed by atoms with van der Waals surface area (Å²) in [6.45, 7) is 7.42. The van der Waals surface area contributed by atoms with E-state index in [-0.39, 0.29) is 18.1 Å². The molecule has 6 rings (SSSR count). The lowest BCUT2D eigenvalue weighted by molar-refractivity contribution is -0.233. The number of rotatable bonds is 2. The number of amides is 1. The summed E-state index contributed by atoms with van der Waals surface area (Å²) >= 11 is 0.556. The highest BCUT2D eigenvalue weighted by Crippen LogP contribution is 2.73. The quantitative estimate of drug-likeness (QED) is 0.532. The summed E-state index contributed by atoms with van der Waals surface area (Å²) in [5.41, 5.74) is -5.21. The lowest BCUT2D eigenvalue weighted by Crippen LogP contribution is -2.70. The van der Waals surface area contributed by atoms with Gasteiger partial charge in [-0.1, -0.05) is 25.5 Å². The fourth-order valence-electron chi connectivity index (χ4n) is 8.65. The largest absolute Gasteiger partial charge is 0.461 e. The molecule has 0 aromatic carbocycles. The molecular weight excluding hydrogens is 537 g/mol. The molecule has 4 aliphatic carbocycles. The smallest absolute Gasteiger partial charge is 0.288 e. The van der Waals surface area contributed by atoms with Gasteiger partial charge in [-0.15, -0.1) is 0 Å². The Bertz CT molecular complexity index is 1350. The number of alkyl halides is 1. The van der Waals surface area contributed by atoms with E-state index in [2.05, 4.69) is 0 Å². The molecule has 2 unspecified atom stereocenters. The van der Waals surface area contributed by atoms with Crippen LogP contribution < -0.4 is 0 Å². The molecule has 1 N–H and O–H groups in total. The molecule has 5 aliphatic rings. The van der Waals surface area contributed by atoms with Crippen LogP contribution in [-0.4, -0.2) is 63.7 Å². The van der Waals surface area contributed by atoms with Crippen LogP contribution in [0.5, 0.6) is 0 Å². The van der Waals surface area contributed by atoms with E-state index in [0.717, 1.165) is 0 Å². The third-order valence-corrected chi connectivity index (χ3v) is 11.6. The number of fused-ring (bicyclic) bond motifs is 7. The number of hydrogen-bond donors (Lipinski definition) is 1. The van der Waals surface area contributed by atoms with E-state index in [0.29, 0.717) is 41.7 Å². The molecular formula is C30H36FNO7S. The summed E-state index contributed by atoms with van der Waals surface area (Å²) < 4.78 is 36.4. The number of nitrogens with zero attached hydrogens (tertiary/aromatic N) is 1. The van der Waals surface area contributed by atoms with Gasteiger partial charge in [-0.25, -0.2) is 4.39 Å². The summed E-state index contributed by atoms with van der Waals surface area (Å²) in [7, 11) is 3.13. The van der Waals surface area contributed by atoms with E-state index in [9.17, 15) is 19.5 Å². The highest BCUT2D eigenvalue weighted by molar-refractivity contribution is 8.26. The van der Waals surface area contributed by atoms with E-state index < -0.39 is 62.8 Å². The van der Waals surface area contributed by atoms with E-state index in [1.165, 1.54) is 17.1 Å². The van der Waals surface area contributed by atoms with Gasteiger partial charge < -0.3 is 23.9 Å². The minimum atomic E-state index is -2.07. The number of ketones is 1. The van der Waals surface area contributed by atoms with Gasteiger partial charge in [-0.05, 0) is 69.2 Å². The van der Waals surface area contributed by atoms with Crippen molar-refractivity contribution in [2.75, 3.05) is 14.1 Å². The second-order valence-corrected chi connectivity index (χ2v) is 13.8. The van der Waals surface area contributed by atoms with Gasteiger partial charge in [-0.3, -0.25) is 14.4 Å². The van der Waals surface area contributed by atoms with Crippen molar-refractivity contribution >= 4 is 27.9 Å². The van der Waals surface area contributed by atoms with Crippen LogP contribution in [0.15, 0.2) is 40.4 Å². The van der Waals surface area contributed by atoms with Gasteiger partial charge in [0.25, 0.3) is 5.24 Å². The molecule has 10 atom stereocenters. The number of carbonyl (C=O) groups is 3. The van der Waals surface area contributed by atoms with Gasteiger partial charge in [0, 0.05) is 42.6 Å². The van der Waals surface area contributed by atoms with Crippen LogP contribution in [0.25, 0.3) is 0 Å². The number of aryl methyl sites for hydroxylation is 1. The fourth-order valence-corrected chi connectivity index (χ4v) is 9.55. The molecule has 2 heterocycles. The average molecular weight is 574 g/mol. The lowest BCUT2D eigenvalue weighted by Gasteiger charge is -2.63. The van der Waals surface area contributed by atoms with Gasteiger partial charge in [-0.2, -0.15) is 0 Å². The normalized spacial score (nSPS) is 45.3. The first-order chi connectivity index (χ1) is 18.7. The molecule has 0 spiro atoms. The third kappa shape index (κ3) is 3.39. The van der Waals surface area contributed by atoms with Crippen molar-refractivity contribution < 1.29 is 37.8 Å². The van der Waals surface area contributed by atoms with Crippen molar-refractivity contribution in [3.63, 3.8) is 0 Å². The molecule has 40 heavy (non-hydrogen) atoms. The summed E-state index contributed by atoms with van der Waals surface area (Å²) in [5, 5.41) is 10.8. The van der Waals surface area contributed by atoms with Gasteiger partial charge in [0.2, 0.25) is 11.4 Å². The maximum absolute atomic E-state index is 17.7. The molecule has 1 saturated heterocycles. The van der Waals surface area contributed by atoms with Gasteiger partial charge in [0.05, 0.1) is 12.2 Å². The third-order valence-electron chi connectivity index (χ3n) is 10.6. The predicted octanol–water partition coefficient (Wildman–Crippen LogP) is 4.91. The number of carbonyl (C=O) groups excluding carboxylic acids is 3. The SMILES string of the molecule is Cc1ccc(C2O[C@@H]3CC4[C@@H]5C[C@H](C)C6=CC(=O)C=C[C@]6(C)[C@@]5(F)[C@@H](O)C[C@]4(C)[C@]3(C(=O)SC(=O)N(C)C)O2)o1. The van der Waals surface area contributed by atoms with Crippen LogP contribution >= 0.6 is 11.8 Å². The topological polar surface area (TPSA) is 106 Å². The fraction of sp³-hybridized carbons (Fsp3) is 0.633. The maximum atomic E-state index is 17.7. The molecule has 3 saturated carbocycles. The number of aliphatic hydroxyl groups is 1. The van der Waals surface area contributed by atoms with E-state index in [1.807, 2.05) is 13.8 Å². The minimum Gasteiger partial charge on any atom is -0.461 e. The van der Waals surface area contributed by atoms with E-state index in [4.69, 9.17) is 13.9 Å². The Morgan fingerprint density at radius 3 is 2.55 bits per heavy atom. The summed E-state index contributed by atoms with van der Waals surface area (Å²) in [5.74, 6) is -0.262. The first kappa shape index (κ1) is 27.9. The molecule has 1 aromatic heterocycles. The minimum absolute atomic E-state index is 0.0735. The Balaban J connectivity index is 1.45. The number of halogens is 1. The Morgan fingerprint density at radius 2 is 1.90 bits per heavy atom. The summed E-state index contributed by atoms with van der Waals surface area (Å²) in [6, 6.07) is 3.51. The Kier molecular flexibility index (Phi) is 6.18. The van der Waals surface area contributed by atoms with Gasteiger partial charge in [0.15, 0.2) is 22.8 Å². The predicted molar refractivity (Wildman–Crippen MR) is 145 cm³/mol. The summed E-state index contributed by atoms with van der Waals surface area (Å²) in [6.07, 6.45) is 1.97. The van der Waals surface area contributed by atoms with Crippen LogP contribution in [0.4, 0.5) is 9.18 Å². The van der Waals surface area contributed by atoms with Gasteiger partial charge >= 0.3 is 0 Å². The van der Waals surface area contributed by atoms with Gasteiger partial charge in [0.1, 0.15) is 5.76 Å². The number of thioether (sulfide) groups is 1. The molecule has 1 aliphatic heterocycles. The molecule has 1 aromatic rings. The molecule has 1 amide bonds. The zero-order valence-electron chi connectivity index (χ0n) is 23.6. The van der Waals surface area contributed by atoms with Crippen molar-refractivity contribution in [1.29, 1.82) is 0 Å². The maximum Gasteiger partial charge on any atom is 0.288 e. The number of allylic oxidation sites excluding steroid dienone is 4. The molecule has 0 radical (unpaired) electrons. The number of aliphatic hydroxyl groups excluding tert-OH is 1. The monoisotopic (exact) mass is 573 g/mol. The van der Waals surface area contributed by atoms with Crippen LogP contribution in [0.3, 0.4) is 0 Å². The van der Waals surface area contributed by atoms with Crippen LogP contribution in [0, 0.1) is 35.5 Å². The molecule has 10 heteroatoms. The van der Waals surface area contributed by atoms with E-state index in [1.54, 1.807) is 46.2 Å². The van der Waals surface area contributed by atoms with Crippen molar-refractivity contribution in [3.05, 3.63) is 47.5 Å². The van der Waals surface area contributed by atoms with Crippen molar-refractivity contribution in [1.82, 2.24) is 4.90 Å².